The molecule has 4 rings (SSSR count). The van der Waals surface area contributed by atoms with Gasteiger partial charge in [0.15, 0.2) is 0 Å². The van der Waals surface area contributed by atoms with Gasteiger partial charge >= 0.3 is 0 Å². The van der Waals surface area contributed by atoms with Crippen molar-refractivity contribution in [2.45, 2.75) is 30.6 Å². The predicted octanol–water partition coefficient (Wildman–Crippen LogP) is 4.05. The summed E-state index contributed by atoms with van der Waals surface area (Å²) in [5, 5.41) is 5.49. The molecule has 1 aromatic heterocycles. The summed E-state index contributed by atoms with van der Waals surface area (Å²) in [5.74, 6) is 0.211. The lowest BCUT2D eigenvalue weighted by atomic mass is 9.90. The molecule has 2 aromatic carbocycles. The molecule has 140 valence electrons. The van der Waals surface area contributed by atoms with Crippen molar-refractivity contribution in [1.29, 1.82) is 0 Å². The first-order valence-corrected chi connectivity index (χ1v) is 10.4. The lowest BCUT2D eigenvalue weighted by Gasteiger charge is -2.27. The Labute approximate surface area is 158 Å². The van der Waals surface area contributed by atoms with Crippen LogP contribution in [0.25, 0.3) is 10.9 Å². The van der Waals surface area contributed by atoms with Crippen molar-refractivity contribution in [3.05, 3.63) is 70.8 Å². The second-order valence-electron chi connectivity index (χ2n) is 7.03. The number of hydrogen-bond acceptors (Lipinski definition) is 4. The summed E-state index contributed by atoms with van der Waals surface area (Å²) in [4.78, 5) is 11.0. The average molecular weight is 383 g/mol. The fourth-order valence-corrected chi connectivity index (χ4v) is 5.16. The second-order valence-corrected chi connectivity index (χ2v) is 8.84. The molecule has 0 atom stereocenters. The minimum absolute atomic E-state index is 0.211. The van der Waals surface area contributed by atoms with Crippen molar-refractivity contribution < 1.29 is 8.42 Å². The Bertz CT molecular complexity index is 1080. The highest BCUT2D eigenvalue weighted by molar-refractivity contribution is 7.90. The Morgan fingerprint density at radius 3 is 2.33 bits per heavy atom. The lowest BCUT2D eigenvalue weighted by Crippen LogP contribution is -2.28. The summed E-state index contributed by atoms with van der Waals surface area (Å²) >= 11 is 0. The highest BCUT2D eigenvalue weighted by atomic mass is 32.2. The second kappa shape index (κ2) is 6.81. The van der Waals surface area contributed by atoms with Crippen LogP contribution in [-0.4, -0.2) is 30.5 Å². The molecule has 1 aliphatic heterocycles. The third-order valence-electron chi connectivity index (χ3n) is 5.31. The van der Waals surface area contributed by atoms with E-state index in [4.69, 9.17) is 0 Å². The molecule has 0 radical (unpaired) electrons. The zero-order valence-corrected chi connectivity index (χ0v) is 15.9. The topological polar surface area (TPSA) is 71.7 Å². The number of aryl methyl sites for hydroxylation is 1. The number of nitrogens with zero attached hydrogens (tertiary/aromatic N) is 3. The van der Waals surface area contributed by atoms with Crippen LogP contribution in [0, 0.1) is 11.8 Å². The molecule has 2 heterocycles. The first-order chi connectivity index (χ1) is 13.0. The Hall–Kier alpha value is -2.67. The van der Waals surface area contributed by atoms with Crippen molar-refractivity contribution in [3.8, 4) is 0 Å². The summed E-state index contributed by atoms with van der Waals surface area (Å²) in [6.45, 7) is 3.12. The van der Waals surface area contributed by atoms with Gasteiger partial charge in [0.25, 0.3) is 10.0 Å². The molecule has 1 saturated heterocycles. The molecule has 6 nitrogen and oxygen atoms in total. The van der Waals surface area contributed by atoms with Gasteiger partial charge in [-0.2, -0.15) is 0 Å². The minimum atomic E-state index is -3.68. The van der Waals surface area contributed by atoms with Gasteiger partial charge in [0, 0.05) is 24.7 Å². The maximum absolute atomic E-state index is 13.3. The summed E-state index contributed by atoms with van der Waals surface area (Å²) in [6.07, 6.45) is 3.32. The van der Waals surface area contributed by atoms with Crippen LogP contribution in [0.15, 0.2) is 64.9 Å². The minimum Gasteiger partial charge on any atom is -0.261 e. The Morgan fingerprint density at radius 1 is 1.00 bits per heavy atom. The number of nitroso groups, excluding NO2 is 1. The normalized spacial score (nSPS) is 16.0. The van der Waals surface area contributed by atoms with E-state index in [2.05, 4.69) is 5.29 Å². The number of aromatic nitrogens is 1. The largest absolute Gasteiger partial charge is 0.268 e. The van der Waals surface area contributed by atoms with Gasteiger partial charge in [-0.15, -0.1) is 4.91 Å². The number of para-hydroxylation sites is 1. The molecule has 0 aliphatic carbocycles. The monoisotopic (exact) mass is 383 g/mol. The first kappa shape index (κ1) is 17.7. The van der Waals surface area contributed by atoms with E-state index in [1.54, 1.807) is 18.3 Å². The van der Waals surface area contributed by atoms with Gasteiger partial charge < -0.3 is 0 Å². The summed E-state index contributed by atoms with van der Waals surface area (Å²) in [6, 6.07) is 14.5. The van der Waals surface area contributed by atoms with Gasteiger partial charge in [0.2, 0.25) is 0 Å². The molecule has 3 aromatic rings. The molecule has 7 heteroatoms. The van der Waals surface area contributed by atoms with E-state index >= 15 is 0 Å². The smallest absolute Gasteiger partial charge is 0.261 e. The van der Waals surface area contributed by atoms with Gasteiger partial charge in [0.05, 0.1) is 15.7 Å². The molecule has 27 heavy (non-hydrogen) atoms. The van der Waals surface area contributed by atoms with Crippen molar-refractivity contribution in [2.75, 3.05) is 13.1 Å². The van der Waals surface area contributed by atoms with E-state index in [1.165, 1.54) is 8.98 Å². The summed E-state index contributed by atoms with van der Waals surface area (Å²) in [5.41, 5.74) is 2.72. The number of hydrogen-bond donors (Lipinski definition) is 0. The van der Waals surface area contributed by atoms with Crippen LogP contribution in [0.4, 0.5) is 0 Å². The summed E-state index contributed by atoms with van der Waals surface area (Å²) < 4.78 is 27.9. The highest BCUT2D eigenvalue weighted by Crippen LogP contribution is 2.36. The molecule has 0 saturated carbocycles. The van der Waals surface area contributed by atoms with E-state index in [-0.39, 0.29) is 10.8 Å². The number of rotatable bonds is 4. The van der Waals surface area contributed by atoms with E-state index in [9.17, 15) is 13.3 Å². The zero-order valence-electron chi connectivity index (χ0n) is 15.1. The fraction of sp³-hybridized carbons (Fsp3) is 0.300. The molecule has 1 fully saturated rings. The Morgan fingerprint density at radius 2 is 1.67 bits per heavy atom. The SMILES string of the molecule is Cc1ccc(S(=O)(=O)n2cc(C3CCN(N=O)CC3)c3ccccc32)cc1. The maximum Gasteiger partial charge on any atom is 0.268 e. The number of benzene rings is 2. The van der Waals surface area contributed by atoms with Crippen LogP contribution < -0.4 is 0 Å². The van der Waals surface area contributed by atoms with Crippen molar-refractivity contribution in [1.82, 2.24) is 8.98 Å². The van der Waals surface area contributed by atoms with Gasteiger partial charge in [-0.3, -0.25) is 5.01 Å². The van der Waals surface area contributed by atoms with Crippen molar-refractivity contribution in [3.63, 3.8) is 0 Å². The van der Waals surface area contributed by atoms with E-state index in [0.29, 0.717) is 18.6 Å². The van der Waals surface area contributed by atoms with Crippen LogP contribution in [0.3, 0.4) is 0 Å². The Kier molecular flexibility index (Phi) is 4.47. The molecular weight excluding hydrogens is 362 g/mol. The van der Waals surface area contributed by atoms with Crippen LogP contribution >= 0.6 is 0 Å². The van der Waals surface area contributed by atoms with Gasteiger partial charge in [-0.1, -0.05) is 35.9 Å². The lowest BCUT2D eigenvalue weighted by molar-refractivity contribution is 0.218. The molecular formula is C20H21N3O3S. The van der Waals surface area contributed by atoms with Gasteiger partial charge in [-0.05, 0) is 49.4 Å². The molecule has 0 spiro atoms. The van der Waals surface area contributed by atoms with Gasteiger partial charge in [0.1, 0.15) is 0 Å². The zero-order chi connectivity index (χ0) is 19.0. The average Bonchev–Trinajstić information content (AvgIpc) is 3.09. The van der Waals surface area contributed by atoms with Crippen LogP contribution in [0.2, 0.25) is 0 Å². The van der Waals surface area contributed by atoms with E-state index < -0.39 is 10.0 Å². The third-order valence-corrected chi connectivity index (χ3v) is 7.00. The van der Waals surface area contributed by atoms with E-state index in [0.717, 1.165) is 29.4 Å². The van der Waals surface area contributed by atoms with E-state index in [1.807, 2.05) is 43.3 Å². The van der Waals surface area contributed by atoms with Crippen LogP contribution in [0.5, 0.6) is 0 Å². The molecule has 0 N–H and O–H groups in total. The van der Waals surface area contributed by atoms with Crippen LogP contribution in [-0.2, 0) is 10.0 Å². The third kappa shape index (κ3) is 3.12. The molecule has 0 unspecified atom stereocenters. The maximum atomic E-state index is 13.3. The number of fused-ring (bicyclic) bond motifs is 1. The van der Waals surface area contributed by atoms with Gasteiger partial charge in [-0.25, -0.2) is 12.4 Å². The van der Waals surface area contributed by atoms with Crippen molar-refractivity contribution in [2.24, 2.45) is 5.29 Å². The highest BCUT2D eigenvalue weighted by Gasteiger charge is 2.27. The molecule has 0 amide bonds. The predicted molar refractivity (Wildman–Crippen MR) is 105 cm³/mol. The standard InChI is InChI=1S/C20H21N3O3S/c1-15-6-8-17(9-7-15)27(25,26)23-14-19(18-4-2-3-5-20(18)23)16-10-12-22(21-24)13-11-16/h2-9,14,16H,10-13H2,1H3. The quantitative estimate of drug-likeness (QED) is 0.637. The van der Waals surface area contributed by atoms with Crippen molar-refractivity contribution >= 4 is 20.9 Å². The summed E-state index contributed by atoms with van der Waals surface area (Å²) in [7, 11) is -3.68. The molecule has 1 aliphatic rings. The Balaban J connectivity index is 1.81. The first-order valence-electron chi connectivity index (χ1n) is 9.01. The number of piperidine rings is 1. The fourth-order valence-electron chi connectivity index (χ4n) is 3.78. The molecule has 0 bridgehead atoms. The van der Waals surface area contributed by atoms with Crippen LogP contribution in [0.1, 0.15) is 29.9 Å².